The molecule has 0 amide bonds. The van der Waals surface area contributed by atoms with Crippen molar-refractivity contribution in [1.82, 2.24) is 0 Å². The highest BCUT2D eigenvalue weighted by molar-refractivity contribution is 6.01. The zero-order valence-corrected chi connectivity index (χ0v) is 10.9. The van der Waals surface area contributed by atoms with Crippen molar-refractivity contribution in [1.29, 1.82) is 0 Å². The third-order valence-electron chi connectivity index (χ3n) is 2.78. The Labute approximate surface area is 111 Å². The van der Waals surface area contributed by atoms with Gasteiger partial charge in [-0.3, -0.25) is 4.79 Å². The van der Waals surface area contributed by atoms with Gasteiger partial charge in [-0.25, -0.2) is 4.79 Å². The summed E-state index contributed by atoms with van der Waals surface area (Å²) < 4.78 is 16.2. The van der Waals surface area contributed by atoms with E-state index in [1.807, 2.05) is 0 Å². The van der Waals surface area contributed by atoms with Crippen LogP contribution >= 0.6 is 0 Å². The average Bonchev–Trinajstić information content (AvgIpc) is 2.36. The summed E-state index contributed by atoms with van der Waals surface area (Å²) in [6.45, 7) is 3.47. The second-order valence-corrected chi connectivity index (χ2v) is 4.44. The van der Waals surface area contributed by atoms with E-state index in [1.165, 1.54) is 6.92 Å². The predicted octanol–water partition coefficient (Wildman–Crippen LogP) is 1.74. The van der Waals surface area contributed by atoms with Crippen molar-refractivity contribution < 1.29 is 23.8 Å². The molecule has 0 fully saturated rings. The summed E-state index contributed by atoms with van der Waals surface area (Å²) in [6.07, 6.45) is -1.00. The van der Waals surface area contributed by atoms with Crippen LogP contribution in [0.1, 0.15) is 20.3 Å². The quantitative estimate of drug-likeness (QED) is 0.571. The molecule has 1 unspecified atom stereocenters. The summed E-state index contributed by atoms with van der Waals surface area (Å²) in [5, 5.41) is 0. The maximum absolute atomic E-state index is 11.9. The van der Waals surface area contributed by atoms with Gasteiger partial charge >= 0.3 is 5.97 Å². The molecule has 19 heavy (non-hydrogen) atoms. The molecule has 0 bridgehead atoms. The van der Waals surface area contributed by atoms with Crippen molar-refractivity contribution in [2.45, 2.75) is 32.5 Å². The Bertz CT molecular complexity index is 482. The van der Waals surface area contributed by atoms with Gasteiger partial charge in [0.25, 0.3) is 6.10 Å². The molecule has 5 heteroatoms. The Morgan fingerprint density at radius 3 is 2.58 bits per heavy atom. The van der Waals surface area contributed by atoms with E-state index >= 15 is 0 Å². The molecule has 0 N–H and O–H groups in total. The molecule has 0 spiro atoms. The Hall–Kier alpha value is -2.04. The van der Waals surface area contributed by atoms with Gasteiger partial charge in [-0.15, -0.1) is 0 Å². The third-order valence-corrected chi connectivity index (χ3v) is 2.78. The van der Waals surface area contributed by atoms with Crippen LogP contribution in [-0.2, 0) is 14.3 Å². The summed E-state index contributed by atoms with van der Waals surface area (Å²) in [5.74, 6) is -0.158. The molecule has 0 saturated carbocycles. The highest BCUT2D eigenvalue weighted by Gasteiger charge is 2.30. The van der Waals surface area contributed by atoms with Gasteiger partial charge in [-0.2, -0.15) is 0 Å². The van der Waals surface area contributed by atoms with Gasteiger partial charge in [0.1, 0.15) is 6.10 Å². The van der Waals surface area contributed by atoms with Crippen LogP contribution in [0.5, 0.6) is 11.5 Å². The number of cyclic esters (lactones) is 1. The van der Waals surface area contributed by atoms with Crippen LogP contribution in [0.2, 0.25) is 0 Å². The molecule has 0 aliphatic carbocycles. The summed E-state index contributed by atoms with van der Waals surface area (Å²) in [6, 6.07) is 6.95. The molecule has 1 aromatic rings. The number of ketones is 1. The predicted molar refractivity (Wildman–Crippen MR) is 67.2 cm³/mol. The smallest absolute Gasteiger partial charge is 0.355 e. The molecule has 5 nitrogen and oxygen atoms in total. The fraction of sp³-hybridized carbons (Fsp3) is 0.429. The van der Waals surface area contributed by atoms with Crippen LogP contribution in [0.25, 0.3) is 0 Å². The Morgan fingerprint density at radius 2 is 1.89 bits per heavy atom. The molecule has 1 aliphatic rings. The number of Topliss-reactive ketones (excluding diaryl/α,β-unsaturated/α-hetero) is 1. The van der Waals surface area contributed by atoms with E-state index < -0.39 is 17.9 Å². The number of benzene rings is 1. The minimum absolute atomic E-state index is 0.316. The molecule has 0 aromatic heterocycles. The number of rotatable bonds is 1. The first-order valence-corrected chi connectivity index (χ1v) is 6.17. The molecular formula is C14H16O5. The minimum atomic E-state index is -1.25. The summed E-state index contributed by atoms with van der Waals surface area (Å²) in [4.78, 5) is 23.4. The van der Waals surface area contributed by atoms with E-state index in [2.05, 4.69) is 0 Å². The standard InChI is InChI=1S/C14H16O5/c1-9-7-8-17-11-5-3-4-6-12(11)19-13(10(2)15)14(16)18-9/h3-6,9,13H,7-8H2,1-2H3/t9-,13?/m1/s1. The zero-order valence-electron chi connectivity index (χ0n) is 10.9. The van der Waals surface area contributed by atoms with Crippen molar-refractivity contribution >= 4 is 11.8 Å². The number of ether oxygens (including phenoxy) is 3. The fourth-order valence-corrected chi connectivity index (χ4v) is 1.74. The largest absolute Gasteiger partial charge is 0.490 e. The fourth-order valence-electron chi connectivity index (χ4n) is 1.74. The van der Waals surface area contributed by atoms with Crippen LogP contribution < -0.4 is 9.47 Å². The number of esters is 1. The van der Waals surface area contributed by atoms with E-state index in [0.29, 0.717) is 24.5 Å². The van der Waals surface area contributed by atoms with Crippen molar-refractivity contribution in [3.8, 4) is 11.5 Å². The Kier molecular flexibility index (Phi) is 4.04. The number of hydrogen-bond donors (Lipinski definition) is 0. The van der Waals surface area contributed by atoms with Crippen LogP contribution in [0.3, 0.4) is 0 Å². The van der Waals surface area contributed by atoms with Crippen LogP contribution in [0.4, 0.5) is 0 Å². The summed E-state index contributed by atoms with van der Waals surface area (Å²) >= 11 is 0. The second-order valence-electron chi connectivity index (χ2n) is 4.44. The molecule has 1 aromatic carbocycles. The lowest BCUT2D eigenvalue weighted by Crippen LogP contribution is -2.38. The summed E-state index contributed by atoms with van der Waals surface area (Å²) in [5.41, 5.74) is 0. The summed E-state index contributed by atoms with van der Waals surface area (Å²) in [7, 11) is 0. The van der Waals surface area contributed by atoms with Gasteiger partial charge < -0.3 is 14.2 Å². The van der Waals surface area contributed by atoms with Crippen molar-refractivity contribution in [3.05, 3.63) is 24.3 Å². The normalized spacial score (nSPS) is 23.4. The van der Waals surface area contributed by atoms with E-state index in [0.717, 1.165) is 0 Å². The monoisotopic (exact) mass is 264 g/mol. The Balaban J connectivity index is 2.32. The maximum Gasteiger partial charge on any atom is 0.355 e. The lowest BCUT2D eigenvalue weighted by molar-refractivity contribution is -0.160. The maximum atomic E-state index is 11.9. The second kappa shape index (κ2) is 5.73. The molecule has 1 heterocycles. The van der Waals surface area contributed by atoms with E-state index in [-0.39, 0.29) is 6.10 Å². The molecular weight excluding hydrogens is 248 g/mol. The highest BCUT2D eigenvalue weighted by Crippen LogP contribution is 2.28. The topological polar surface area (TPSA) is 61.8 Å². The molecule has 0 saturated heterocycles. The molecule has 2 rings (SSSR count). The molecule has 102 valence electrons. The molecule has 2 atom stereocenters. The van der Waals surface area contributed by atoms with E-state index in [1.54, 1.807) is 31.2 Å². The first kappa shape index (κ1) is 13.4. The van der Waals surface area contributed by atoms with Crippen molar-refractivity contribution in [2.24, 2.45) is 0 Å². The first-order chi connectivity index (χ1) is 9.08. The van der Waals surface area contributed by atoms with Gasteiger partial charge in [0, 0.05) is 6.42 Å². The SMILES string of the molecule is CC(=O)C1Oc2ccccc2OCC[C@@H](C)OC1=O. The first-order valence-electron chi connectivity index (χ1n) is 6.17. The number of fused-ring (bicyclic) bond motifs is 1. The number of carbonyl (C=O) groups is 2. The van der Waals surface area contributed by atoms with Crippen molar-refractivity contribution in [3.63, 3.8) is 0 Å². The van der Waals surface area contributed by atoms with Gasteiger partial charge in [-0.1, -0.05) is 12.1 Å². The van der Waals surface area contributed by atoms with Crippen LogP contribution in [0.15, 0.2) is 24.3 Å². The van der Waals surface area contributed by atoms with Crippen LogP contribution in [0, 0.1) is 0 Å². The van der Waals surface area contributed by atoms with E-state index in [4.69, 9.17) is 14.2 Å². The van der Waals surface area contributed by atoms with Gasteiger partial charge in [0.05, 0.1) is 6.61 Å². The molecule has 1 aliphatic heterocycles. The van der Waals surface area contributed by atoms with Gasteiger partial charge in [0.2, 0.25) is 0 Å². The van der Waals surface area contributed by atoms with Gasteiger partial charge in [0.15, 0.2) is 17.3 Å². The van der Waals surface area contributed by atoms with E-state index in [9.17, 15) is 9.59 Å². The lowest BCUT2D eigenvalue weighted by Gasteiger charge is -2.22. The van der Waals surface area contributed by atoms with Gasteiger partial charge in [-0.05, 0) is 26.0 Å². The van der Waals surface area contributed by atoms with Crippen LogP contribution in [-0.4, -0.2) is 30.6 Å². The number of hydrogen-bond acceptors (Lipinski definition) is 5. The van der Waals surface area contributed by atoms with Crippen molar-refractivity contribution in [2.75, 3.05) is 6.61 Å². The third kappa shape index (κ3) is 3.24. The molecule has 0 radical (unpaired) electrons. The number of para-hydroxylation sites is 2. The number of carbonyl (C=O) groups excluding carboxylic acids is 2. The highest BCUT2D eigenvalue weighted by atomic mass is 16.6. The lowest BCUT2D eigenvalue weighted by atomic mass is 10.2. The zero-order chi connectivity index (χ0) is 13.8. The Morgan fingerprint density at radius 1 is 1.21 bits per heavy atom. The average molecular weight is 264 g/mol. The minimum Gasteiger partial charge on any atom is -0.490 e.